The molecule has 2 saturated heterocycles. The van der Waals surface area contributed by atoms with Crippen LogP contribution in [-0.2, 0) is 6.54 Å². The Morgan fingerprint density at radius 2 is 1.85 bits per heavy atom. The van der Waals surface area contributed by atoms with Crippen LogP contribution in [0.1, 0.15) is 22.6 Å². The van der Waals surface area contributed by atoms with Crippen molar-refractivity contribution in [3.05, 3.63) is 21.9 Å². The molecule has 2 aliphatic heterocycles. The van der Waals surface area contributed by atoms with Crippen LogP contribution in [0.4, 0.5) is 0 Å². The topological polar surface area (TPSA) is 9.72 Å². The second-order valence-corrected chi connectivity index (χ2v) is 7.91. The zero-order valence-corrected chi connectivity index (χ0v) is 13.8. The Balaban J connectivity index is 1.56. The lowest BCUT2D eigenvalue weighted by Crippen LogP contribution is -2.39. The van der Waals surface area contributed by atoms with E-state index in [1.54, 1.807) is 0 Å². The Morgan fingerprint density at radius 3 is 2.50 bits per heavy atom. The van der Waals surface area contributed by atoms with E-state index < -0.39 is 0 Å². The van der Waals surface area contributed by atoms with Gasteiger partial charge in [-0.05, 0) is 46.0 Å². The van der Waals surface area contributed by atoms with Crippen molar-refractivity contribution in [3.8, 4) is 0 Å². The molecule has 20 heavy (non-hydrogen) atoms. The fourth-order valence-corrected chi connectivity index (χ4v) is 4.65. The number of fused-ring (bicyclic) bond motifs is 1. The van der Waals surface area contributed by atoms with E-state index in [1.165, 1.54) is 55.3 Å². The van der Waals surface area contributed by atoms with Crippen LogP contribution in [0.5, 0.6) is 0 Å². The van der Waals surface area contributed by atoms with Gasteiger partial charge >= 0.3 is 0 Å². The molecule has 0 spiro atoms. The van der Waals surface area contributed by atoms with Crippen LogP contribution in [-0.4, -0.2) is 67.1 Å². The van der Waals surface area contributed by atoms with Gasteiger partial charge in [0.05, 0.1) is 0 Å². The smallest absolute Gasteiger partial charge is 0.0331 e. The lowest BCUT2D eigenvalue weighted by molar-refractivity contribution is 0.205. The Hall–Kier alpha value is -0.420. The van der Waals surface area contributed by atoms with Gasteiger partial charge in [-0.2, -0.15) is 0 Å². The summed E-state index contributed by atoms with van der Waals surface area (Å²) < 4.78 is 0. The minimum Gasteiger partial charge on any atom is -0.308 e. The number of hydrogen-bond donors (Lipinski definition) is 0. The zero-order valence-electron chi connectivity index (χ0n) is 13.0. The number of thiophene rings is 1. The molecule has 0 aromatic carbocycles. The maximum absolute atomic E-state index is 2.73. The maximum atomic E-state index is 2.73. The van der Waals surface area contributed by atoms with Crippen molar-refractivity contribution in [1.82, 2.24) is 14.7 Å². The third kappa shape index (κ3) is 3.08. The summed E-state index contributed by atoms with van der Waals surface area (Å²) in [5, 5.41) is 0. The Morgan fingerprint density at radius 1 is 1.15 bits per heavy atom. The van der Waals surface area contributed by atoms with E-state index in [1.807, 2.05) is 11.3 Å². The van der Waals surface area contributed by atoms with Crippen LogP contribution in [0, 0.1) is 6.92 Å². The highest BCUT2D eigenvalue weighted by Gasteiger charge is 2.41. The molecule has 0 saturated carbocycles. The SMILES string of the molecule is Cc1ccc(CN2CC[C@H]3[C@@H]2CCN3CCN(C)C)s1. The third-order valence-electron chi connectivity index (χ3n) is 4.80. The fraction of sp³-hybridized carbons (Fsp3) is 0.750. The maximum Gasteiger partial charge on any atom is 0.0331 e. The van der Waals surface area contributed by atoms with Crippen molar-refractivity contribution >= 4 is 11.3 Å². The number of likely N-dealkylation sites (N-methyl/N-ethyl adjacent to an activating group) is 1. The highest BCUT2D eigenvalue weighted by Crippen LogP contribution is 2.33. The number of nitrogens with zero attached hydrogens (tertiary/aromatic N) is 3. The first-order valence-electron chi connectivity index (χ1n) is 7.81. The highest BCUT2D eigenvalue weighted by atomic mass is 32.1. The summed E-state index contributed by atoms with van der Waals surface area (Å²) in [6.07, 6.45) is 2.73. The van der Waals surface area contributed by atoms with Gasteiger partial charge < -0.3 is 4.90 Å². The largest absolute Gasteiger partial charge is 0.308 e. The van der Waals surface area contributed by atoms with Crippen LogP contribution in [0.25, 0.3) is 0 Å². The summed E-state index contributed by atoms with van der Waals surface area (Å²) in [6, 6.07) is 6.19. The van der Waals surface area contributed by atoms with E-state index in [4.69, 9.17) is 0 Å². The van der Waals surface area contributed by atoms with Gasteiger partial charge in [-0.1, -0.05) is 0 Å². The van der Waals surface area contributed by atoms with Gasteiger partial charge in [0.15, 0.2) is 0 Å². The first kappa shape index (κ1) is 14.5. The number of likely N-dealkylation sites (tertiary alicyclic amines) is 2. The van der Waals surface area contributed by atoms with Gasteiger partial charge in [0.1, 0.15) is 0 Å². The molecule has 3 rings (SSSR count). The molecular formula is C16H27N3S. The molecule has 0 aliphatic carbocycles. The fourth-order valence-electron chi connectivity index (χ4n) is 3.74. The first-order valence-corrected chi connectivity index (χ1v) is 8.63. The Bertz CT molecular complexity index is 443. The normalized spacial score (nSPS) is 27.6. The summed E-state index contributed by atoms with van der Waals surface area (Å²) in [5.74, 6) is 0. The standard InChI is InChI=1S/C16H27N3S/c1-13-4-5-14(20-13)12-19-9-7-15-16(19)6-8-18(15)11-10-17(2)3/h4-5,15-16H,6-12H2,1-3H3/t15-,16-/m0/s1. The van der Waals surface area contributed by atoms with E-state index in [0.717, 1.165) is 12.1 Å². The average Bonchev–Trinajstić information content (AvgIpc) is 3.06. The van der Waals surface area contributed by atoms with Crippen molar-refractivity contribution in [2.75, 3.05) is 40.3 Å². The molecule has 112 valence electrons. The van der Waals surface area contributed by atoms with Crippen LogP contribution in [0.3, 0.4) is 0 Å². The zero-order chi connectivity index (χ0) is 14.1. The van der Waals surface area contributed by atoms with E-state index >= 15 is 0 Å². The summed E-state index contributed by atoms with van der Waals surface area (Å²) in [7, 11) is 4.35. The summed E-state index contributed by atoms with van der Waals surface area (Å²) in [6.45, 7) is 8.38. The van der Waals surface area contributed by atoms with Gasteiger partial charge in [-0.25, -0.2) is 0 Å². The average molecular weight is 293 g/mol. The Kier molecular flexibility index (Phi) is 4.46. The van der Waals surface area contributed by atoms with Crippen LogP contribution < -0.4 is 0 Å². The van der Waals surface area contributed by atoms with Crippen molar-refractivity contribution < 1.29 is 0 Å². The van der Waals surface area contributed by atoms with Crippen molar-refractivity contribution in [2.45, 2.75) is 38.4 Å². The van der Waals surface area contributed by atoms with Gasteiger partial charge in [-0.15, -0.1) is 11.3 Å². The molecule has 1 aromatic heterocycles. The van der Waals surface area contributed by atoms with Crippen LogP contribution >= 0.6 is 11.3 Å². The van der Waals surface area contributed by atoms with E-state index in [0.29, 0.717) is 0 Å². The molecular weight excluding hydrogens is 266 g/mol. The monoisotopic (exact) mass is 293 g/mol. The van der Waals surface area contributed by atoms with Gasteiger partial charge in [0.2, 0.25) is 0 Å². The van der Waals surface area contributed by atoms with Gasteiger partial charge in [-0.3, -0.25) is 9.80 Å². The molecule has 0 amide bonds. The molecule has 4 heteroatoms. The molecule has 3 heterocycles. The van der Waals surface area contributed by atoms with Crippen LogP contribution in [0.15, 0.2) is 12.1 Å². The molecule has 3 nitrogen and oxygen atoms in total. The predicted octanol–water partition coefficient (Wildman–Crippen LogP) is 2.27. The van der Waals surface area contributed by atoms with Crippen LogP contribution in [0.2, 0.25) is 0 Å². The molecule has 2 aliphatic rings. The lowest BCUT2D eigenvalue weighted by atomic mass is 10.1. The minimum absolute atomic E-state index is 0.805. The molecule has 0 radical (unpaired) electrons. The number of rotatable bonds is 5. The van der Waals surface area contributed by atoms with Gasteiger partial charge in [0, 0.05) is 54.6 Å². The number of hydrogen-bond acceptors (Lipinski definition) is 4. The second kappa shape index (κ2) is 6.14. The summed E-state index contributed by atoms with van der Waals surface area (Å²) in [5.41, 5.74) is 0. The number of aryl methyl sites for hydroxylation is 1. The molecule has 0 N–H and O–H groups in total. The molecule has 0 unspecified atom stereocenters. The highest BCUT2D eigenvalue weighted by molar-refractivity contribution is 7.11. The molecule has 1 aromatic rings. The first-order chi connectivity index (χ1) is 9.63. The molecule has 2 atom stereocenters. The summed E-state index contributed by atoms with van der Waals surface area (Å²) >= 11 is 1.96. The van der Waals surface area contributed by atoms with Crippen molar-refractivity contribution in [3.63, 3.8) is 0 Å². The predicted molar refractivity (Wildman–Crippen MR) is 86.4 cm³/mol. The van der Waals surface area contributed by atoms with E-state index in [9.17, 15) is 0 Å². The molecule has 2 fully saturated rings. The minimum atomic E-state index is 0.805. The third-order valence-corrected chi connectivity index (χ3v) is 5.78. The lowest BCUT2D eigenvalue weighted by Gasteiger charge is -2.26. The van der Waals surface area contributed by atoms with Crippen molar-refractivity contribution in [2.24, 2.45) is 0 Å². The quantitative estimate of drug-likeness (QED) is 0.824. The van der Waals surface area contributed by atoms with E-state index in [-0.39, 0.29) is 0 Å². The van der Waals surface area contributed by atoms with Gasteiger partial charge in [0.25, 0.3) is 0 Å². The molecule has 0 bridgehead atoms. The second-order valence-electron chi connectivity index (χ2n) is 6.53. The van der Waals surface area contributed by atoms with Crippen molar-refractivity contribution in [1.29, 1.82) is 0 Å². The van der Waals surface area contributed by atoms with E-state index in [2.05, 4.69) is 47.9 Å². The summed E-state index contributed by atoms with van der Waals surface area (Å²) in [4.78, 5) is 10.7. The Labute approximate surface area is 127 Å².